The standard InChI is InChI=1S/C24H27O9PS3.C18H15O9PS3.2C18H15O6PS2/c1-13-7-16(4)22(35(25,26)27)10-19(13)34(20-11-23(36(28,29)30)17(5)8-14(20)2)21-12-24(37(31,32)33)18(6)9-15(21)3;19-29(20,21)16-7-1-4-13(10-16)28(14-5-2-8-17(11-14)30(22,23)24)15-6-3-9-18(12-15)31(25,26)27;19-26(20,21)17-10-4-8-15(12-17)25(14-6-2-1-3-7-14)16-9-5-11-18(13-16)27(22,23)24;19-26(20,21)17-10-6-15(7-11-17)25(14-4-2-1-3-5-14)16-8-12-18(13-9-16)27(22,23)24/h7-12H,1-6H3,(H,25,26,27)(H,28,29,30)(H,31,32,33);1-12H,(H,19,20,21)(H,22,23,24)(H,25,26,27);2*1-13H,(H,19,20,21)(H,22,23,24). The quantitative estimate of drug-likeness (QED) is 0.0226. The van der Waals surface area contributed by atoms with Crippen LogP contribution < -0.4 is 63.7 Å². The third-order valence-corrected chi connectivity index (χ3v) is 36.8. The van der Waals surface area contributed by atoms with Crippen LogP contribution in [0.25, 0.3) is 0 Å². The van der Waals surface area contributed by atoms with Crippen molar-refractivity contribution >= 4 is 197 Å². The second-order valence-corrected chi connectivity index (χ2v) is 49.3. The molecule has 0 aliphatic heterocycles. The summed E-state index contributed by atoms with van der Waals surface area (Å²) in [7, 11) is -50.9. The van der Waals surface area contributed by atoms with E-state index >= 15 is 0 Å². The molecule has 12 aromatic carbocycles. The molecular weight excluding hydrogens is 1860 g/mol. The maximum atomic E-state index is 12.1. The van der Waals surface area contributed by atoms with E-state index in [0.29, 0.717) is 59.1 Å². The van der Waals surface area contributed by atoms with Crippen LogP contribution in [0.5, 0.6) is 0 Å². The van der Waals surface area contributed by atoms with Gasteiger partial charge in [-0.25, -0.2) is 0 Å². The van der Waals surface area contributed by atoms with Crippen molar-refractivity contribution in [2.24, 2.45) is 0 Å². The van der Waals surface area contributed by atoms with Crippen LogP contribution in [0, 0.1) is 41.5 Å². The second-order valence-electron chi connectivity index (χ2n) is 26.5. The van der Waals surface area contributed by atoms with E-state index in [0.717, 1.165) is 39.4 Å². The summed E-state index contributed by atoms with van der Waals surface area (Å²) in [6.45, 7) is 9.69. The van der Waals surface area contributed by atoms with Gasteiger partial charge in [-0.1, -0.05) is 164 Å². The predicted molar refractivity (Wildman–Crippen MR) is 467 cm³/mol. The molecule has 0 fully saturated rings. The Kier molecular flexibility index (Phi) is 30.4. The molecule has 0 unspecified atom stereocenters. The van der Waals surface area contributed by atoms with Gasteiger partial charge in [0.25, 0.3) is 101 Å². The molecule has 30 nitrogen and oxygen atoms in total. The highest BCUT2D eigenvalue weighted by Crippen LogP contribution is 2.42. The Morgan fingerprint density at radius 3 is 0.541 bits per heavy atom. The molecule has 12 rings (SSSR count). The van der Waals surface area contributed by atoms with E-state index < -0.39 is 148 Å². The molecular formula is C78H72O30P4S10. The van der Waals surface area contributed by atoms with Crippen molar-refractivity contribution in [3.63, 3.8) is 0 Å². The van der Waals surface area contributed by atoms with Gasteiger partial charge in [0.05, 0.1) is 49.0 Å². The maximum absolute atomic E-state index is 12.1. The Morgan fingerprint density at radius 2 is 0.344 bits per heavy atom. The summed E-state index contributed by atoms with van der Waals surface area (Å²) in [5.74, 6) is 0. The van der Waals surface area contributed by atoms with Crippen LogP contribution in [0.3, 0.4) is 0 Å². The second kappa shape index (κ2) is 38.1. The van der Waals surface area contributed by atoms with Gasteiger partial charge in [0.15, 0.2) is 0 Å². The van der Waals surface area contributed by atoms with Crippen LogP contribution in [0.15, 0.2) is 316 Å². The average Bonchev–Trinajstić information content (AvgIpc) is 0.744. The first-order valence-electron chi connectivity index (χ1n) is 34.4. The number of benzene rings is 12. The van der Waals surface area contributed by atoms with E-state index in [9.17, 15) is 121 Å². The minimum atomic E-state index is -4.63. The third-order valence-electron chi connectivity index (χ3n) is 17.7. The van der Waals surface area contributed by atoms with Crippen molar-refractivity contribution in [2.45, 2.75) is 90.5 Å². The topological polar surface area (TPSA) is 544 Å². The van der Waals surface area contributed by atoms with E-state index in [1.165, 1.54) is 154 Å². The summed E-state index contributed by atoms with van der Waals surface area (Å²) in [6, 6.07) is 66.6. The number of rotatable bonds is 22. The Hall–Kier alpha value is -8.54. The van der Waals surface area contributed by atoms with Crippen LogP contribution in [0.1, 0.15) is 33.4 Å². The molecule has 12 aromatic rings. The maximum Gasteiger partial charge on any atom is 0.294 e. The van der Waals surface area contributed by atoms with Gasteiger partial charge in [-0.05, 0) is 273 Å². The molecule has 122 heavy (non-hydrogen) atoms. The molecule has 10 N–H and O–H groups in total. The first-order chi connectivity index (χ1) is 56.3. The van der Waals surface area contributed by atoms with Crippen molar-refractivity contribution < 1.29 is 130 Å². The Balaban J connectivity index is 0.000000186. The highest BCUT2D eigenvalue weighted by molar-refractivity contribution is 7.89. The molecule has 0 atom stereocenters. The molecule has 0 aliphatic rings. The molecule has 0 amide bonds. The van der Waals surface area contributed by atoms with Crippen molar-refractivity contribution in [3.05, 3.63) is 300 Å². The van der Waals surface area contributed by atoms with E-state index in [1.807, 2.05) is 60.7 Å². The van der Waals surface area contributed by atoms with Gasteiger partial charge < -0.3 is 0 Å². The molecule has 0 radical (unpaired) electrons. The smallest absolute Gasteiger partial charge is 0.282 e. The van der Waals surface area contributed by atoms with E-state index in [1.54, 1.807) is 75.4 Å². The molecule has 0 saturated carbocycles. The van der Waals surface area contributed by atoms with Crippen LogP contribution >= 0.6 is 31.7 Å². The summed E-state index contributed by atoms with van der Waals surface area (Å²) >= 11 is 0. The Labute approximate surface area is 711 Å². The molecule has 644 valence electrons. The fourth-order valence-electron chi connectivity index (χ4n) is 12.4. The minimum absolute atomic E-state index is 0.198. The minimum Gasteiger partial charge on any atom is -0.282 e. The lowest BCUT2D eigenvalue weighted by molar-refractivity contribution is 0.480. The highest BCUT2D eigenvalue weighted by Gasteiger charge is 2.32. The van der Waals surface area contributed by atoms with E-state index in [-0.39, 0.29) is 51.0 Å². The lowest BCUT2D eigenvalue weighted by Crippen LogP contribution is -2.28. The average molecular weight is 1930 g/mol. The summed E-state index contributed by atoms with van der Waals surface area (Å²) < 4.78 is 328. The van der Waals surface area contributed by atoms with E-state index in [2.05, 4.69) is 0 Å². The normalized spacial score (nSPS) is 12.6. The SMILES string of the molecule is Cc1cc(C)c(S(=O)(=O)O)cc1P(c1cc(S(=O)(=O)O)c(C)cc1C)c1cc(S(=O)(=O)O)c(C)cc1C.O=S(=O)(O)c1ccc(P(c2ccccc2)c2ccc(S(=O)(=O)O)cc2)cc1.O=S(=O)(O)c1cccc(P(c2cccc(S(=O)(=O)O)c2)c2cccc(S(=O)(=O)O)c2)c1.O=S(=O)(O)c1cccc(P(c2ccccc2)c2cccc(S(=O)(=O)O)c2)c1. The van der Waals surface area contributed by atoms with Gasteiger partial charge in [0.2, 0.25) is 0 Å². The fraction of sp³-hybridized carbons (Fsp3) is 0.0769. The Bertz CT molecular complexity index is 6730. The van der Waals surface area contributed by atoms with Crippen molar-refractivity contribution in [2.75, 3.05) is 0 Å². The van der Waals surface area contributed by atoms with Gasteiger partial charge >= 0.3 is 0 Å². The fourth-order valence-corrected chi connectivity index (χ4v) is 28.7. The summed E-state index contributed by atoms with van der Waals surface area (Å²) in [6.07, 6.45) is 0. The van der Waals surface area contributed by atoms with Gasteiger partial charge in [-0.15, -0.1) is 0 Å². The van der Waals surface area contributed by atoms with Crippen molar-refractivity contribution in [1.29, 1.82) is 0 Å². The number of hydrogen-bond donors (Lipinski definition) is 10. The molecule has 0 bridgehead atoms. The van der Waals surface area contributed by atoms with Crippen molar-refractivity contribution in [1.82, 2.24) is 0 Å². The van der Waals surface area contributed by atoms with Gasteiger partial charge in [-0.2, -0.15) is 84.2 Å². The van der Waals surface area contributed by atoms with Gasteiger partial charge in [0, 0.05) is 0 Å². The predicted octanol–water partition coefficient (Wildman–Crippen LogP) is 8.10. The lowest BCUT2D eigenvalue weighted by atomic mass is 10.1. The van der Waals surface area contributed by atoms with Crippen LogP contribution in [-0.4, -0.2) is 130 Å². The van der Waals surface area contributed by atoms with Gasteiger partial charge in [0.1, 0.15) is 0 Å². The Morgan fingerprint density at radius 1 is 0.164 bits per heavy atom. The van der Waals surface area contributed by atoms with Gasteiger partial charge in [-0.3, -0.25) is 45.5 Å². The molecule has 0 aliphatic carbocycles. The molecule has 0 saturated heterocycles. The summed E-state index contributed by atoms with van der Waals surface area (Å²) in [5.41, 5.74) is 2.69. The number of hydrogen-bond acceptors (Lipinski definition) is 20. The number of aryl methyl sites for hydroxylation is 6. The van der Waals surface area contributed by atoms with Crippen LogP contribution in [0.4, 0.5) is 0 Å². The summed E-state index contributed by atoms with van der Waals surface area (Å²) in [4.78, 5) is -3.14. The molecule has 44 heteroatoms. The zero-order valence-corrected chi connectivity index (χ0v) is 75.7. The first kappa shape index (κ1) is 97.3. The lowest BCUT2D eigenvalue weighted by Gasteiger charge is -2.27. The highest BCUT2D eigenvalue weighted by atomic mass is 32.3. The van der Waals surface area contributed by atoms with E-state index in [4.69, 9.17) is 9.11 Å². The van der Waals surface area contributed by atoms with Crippen molar-refractivity contribution in [3.8, 4) is 0 Å². The van der Waals surface area contributed by atoms with Crippen LogP contribution in [0.2, 0.25) is 0 Å². The first-order valence-corrected chi connectivity index (χ1v) is 54.2. The zero-order chi connectivity index (χ0) is 90.6. The third kappa shape index (κ3) is 25.0. The monoisotopic (exact) mass is 1930 g/mol. The molecule has 0 spiro atoms. The molecule has 0 heterocycles. The largest absolute Gasteiger partial charge is 0.294 e. The summed E-state index contributed by atoms with van der Waals surface area (Å²) in [5, 5.41) is 6.95. The zero-order valence-electron chi connectivity index (χ0n) is 63.9. The molecule has 0 aromatic heterocycles. The van der Waals surface area contributed by atoms with Crippen LogP contribution in [-0.2, 0) is 101 Å².